The van der Waals surface area contributed by atoms with Crippen LogP contribution in [0.25, 0.3) is 10.9 Å². The number of rotatable bonds is 3. The molecule has 1 N–H and O–H groups in total. The molecule has 2 heterocycles. The van der Waals surface area contributed by atoms with E-state index in [9.17, 15) is 9.90 Å². The number of nitrogens with zero attached hydrogens (tertiary/aromatic N) is 2. The van der Waals surface area contributed by atoms with Gasteiger partial charge in [0, 0.05) is 18.1 Å². The van der Waals surface area contributed by atoms with Gasteiger partial charge in [0.1, 0.15) is 6.04 Å². The van der Waals surface area contributed by atoms with Crippen LogP contribution in [0.1, 0.15) is 24.0 Å². The quantitative estimate of drug-likeness (QED) is 0.931. The van der Waals surface area contributed by atoms with Gasteiger partial charge in [0.25, 0.3) is 0 Å². The molecule has 1 aromatic carbocycles. The van der Waals surface area contributed by atoms with Crippen LogP contribution in [0.2, 0.25) is 0 Å². The summed E-state index contributed by atoms with van der Waals surface area (Å²) < 4.78 is 0. The van der Waals surface area contributed by atoms with Crippen molar-refractivity contribution < 1.29 is 9.90 Å². The van der Waals surface area contributed by atoms with Crippen LogP contribution in [0.15, 0.2) is 30.5 Å². The van der Waals surface area contributed by atoms with Crippen molar-refractivity contribution in [1.29, 1.82) is 0 Å². The molecule has 0 radical (unpaired) electrons. The van der Waals surface area contributed by atoms with Crippen molar-refractivity contribution >= 4 is 16.9 Å². The SMILES string of the molecule is Cc1cc(CN2CCC[C@H]2C(=O)O)cc2cccnc12. The second kappa shape index (κ2) is 5.21. The Bertz CT molecular complexity index is 654. The molecule has 1 aliphatic heterocycles. The number of aromatic nitrogens is 1. The van der Waals surface area contributed by atoms with E-state index in [4.69, 9.17) is 0 Å². The molecule has 104 valence electrons. The van der Waals surface area contributed by atoms with Crippen LogP contribution in [0.5, 0.6) is 0 Å². The minimum absolute atomic E-state index is 0.333. The molecule has 1 saturated heterocycles. The maximum atomic E-state index is 11.2. The molecule has 1 fully saturated rings. The van der Waals surface area contributed by atoms with Crippen molar-refractivity contribution in [1.82, 2.24) is 9.88 Å². The number of hydrogen-bond donors (Lipinski definition) is 1. The van der Waals surface area contributed by atoms with E-state index in [1.165, 1.54) is 0 Å². The van der Waals surface area contributed by atoms with Crippen LogP contribution >= 0.6 is 0 Å². The van der Waals surface area contributed by atoms with Crippen LogP contribution in [-0.4, -0.2) is 33.5 Å². The molecule has 4 nitrogen and oxygen atoms in total. The minimum Gasteiger partial charge on any atom is -0.480 e. The van der Waals surface area contributed by atoms with Gasteiger partial charge in [-0.3, -0.25) is 14.7 Å². The van der Waals surface area contributed by atoms with E-state index in [1.807, 2.05) is 6.07 Å². The first-order chi connectivity index (χ1) is 9.65. The van der Waals surface area contributed by atoms with Crippen molar-refractivity contribution in [3.8, 4) is 0 Å². The number of hydrogen-bond acceptors (Lipinski definition) is 3. The fourth-order valence-electron chi connectivity index (χ4n) is 3.07. The summed E-state index contributed by atoms with van der Waals surface area (Å²) in [4.78, 5) is 17.7. The number of fused-ring (bicyclic) bond motifs is 1. The minimum atomic E-state index is -0.707. The highest BCUT2D eigenvalue weighted by atomic mass is 16.4. The molecule has 0 aliphatic carbocycles. The lowest BCUT2D eigenvalue weighted by Gasteiger charge is -2.21. The standard InChI is InChI=1S/C16H18N2O2/c1-11-8-12(9-13-4-2-6-17-15(11)13)10-18-7-3-5-14(18)16(19)20/h2,4,6,8-9,14H,3,5,7,10H2,1H3,(H,19,20)/t14-/m0/s1. The Morgan fingerprint density at radius 3 is 3.15 bits per heavy atom. The molecule has 1 atom stereocenters. The summed E-state index contributed by atoms with van der Waals surface area (Å²) in [5.41, 5.74) is 3.33. The monoisotopic (exact) mass is 270 g/mol. The third-order valence-electron chi connectivity index (χ3n) is 3.99. The Morgan fingerprint density at radius 2 is 2.35 bits per heavy atom. The summed E-state index contributed by atoms with van der Waals surface area (Å²) >= 11 is 0. The van der Waals surface area contributed by atoms with E-state index < -0.39 is 5.97 Å². The highest BCUT2D eigenvalue weighted by molar-refractivity contribution is 5.82. The van der Waals surface area contributed by atoms with Crippen molar-refractivity contribution in [3.05, 3.63) is 41.6 Å². The van der Waals surface area contributed by atoms with Gasteiger partial charge in [-0.05, 0) is 49.6 Å². The second-order valence-corrected chi connectivity index (χ2v) is 5.45. The van der Waals surface area contributed by atoms with Crippen LogP contribution < -0.4 is 0 Å². The van der Waals surface area contributed by atoms with E-state index in [1.54, 1.807) is 6.20 Å². The number of likely N-dealkylation sites (tertiary alicyclic amines) is 1. The van der Waals surface area contributed by atoms with Crippen LogP contribution in [0, 0.1) is 6.92 Å². The summed E-state index contributed by atoms with van der Waals surface area (Å²) in [6, 6.07) is 7.89. The van der Waals surface area contributed by atoms with E-state index in [-0.39, 0.29) is 6.04 Å². The van der Waals surface area contributed by atoms with Crippen molar-refractivity contribution in [3.63, 3.8) is 0 Å². The Kier molecular flexibility index (Phi) is 3.40. The lowest BCUT2D eigenvalue weighted by Crippen LogP contribution is -2.35. The van der Waals surface area contributed by atoms with Gasteiger partial charge in [-0.2, -0.15) is 0 Å². The highest BCUT2D eigenvalue weighted by Crippen LogP contribution is 2.23. The first-order valence-electron chi connectivity index (χ1n) is 6.96. The lowest BCUT2D eigenvalue weighted by atomic mass is 10.1. The molecule has 4 heteroatoms. The summed E-state index contributed by atoms with van der Waals surface area (Å²) in [5, 5.41) is 10.4. The van der Waals surface area contributed by atoms with Gasteiger partial charge in [0.05, 0.1) is 5.52 Å². The number of benzene rings is 1. The maximum absolute atomic E-state index is 11.2. The van der Waals surface area contributed by atoms with E-state index in [0.29, 0.717) is 6.54 Å². The number of aliphatic carboxylic acids is 1. The molecule has 0 spiro atoms. The first kappa shape index (κ1) is 13.1. The Balaban J connectivity index is 1.89. The first-order valence-corrected chi connectivity index (χ1v) is 6.96. The third kappa shape index (κ3) is 2.39. The third-order valence-corrected chi connectivity index (χ3v) is 3.99. The molecule has 0 bridgehead atoms. The van der Waals surface area contributed by atoms with E-state index in [2.05, 4.69) is 35.0 Å². The molecule has 3 rings (SSSR count). The van der Waals surface area contributed by atoms with Gasteiger partial charge in [-0.1, -0.05) is 12.1 Å². The average molecular weight is 270 g/mol. The number of carboxylic acids is 1. The highest BCUT2D eigenvalue weighted by Gasteiger charge is 2.30. The van der Waals surface area contributed by atoms with Gasteiger partial charge in [0.15, 0.2) is 0 Å². The number of aryl methyl sites for hydroxylation is 1. The predicted molar refractivity (Wildman–Crippen MR) is 77.5 cm³/mol. The molecular weight excluding hydrogens is 252 g/mol. The Labute approximate surface area is 118 Å². The van der Waals surface area contributed by atoms with E-state index >= 15 is 0 Å². The fraction of sp³-hybridized carbons (Fsp3) is 0.375. The van der Waals surface area contributed by atoms with Gasteiger partial charge < -0.3 is 5.11 Å². The van der Waals surface area contributed by atoms with Gasteiger partial charge in [-0.25, -0.2) is 0 Å². The largest absolute Gasteiger partial charge is 0.480 e. The zero-order valence-corrected chi connectivity index (χ0v) is 11.5. The van der Waals surface area contributed by atoms with Crippen LogP contribution in [0.4, 0.5) is 0 Å². The lowest BCUT2D eigenvalue weighted by molar-refractivity contribution is -0.142. The molecule has 0 saturated carbocycles. The summed E-state index contributed by atoms with van der Waals surface area (Å²) in [6.45, 7) is 3.61. The van der Waals surface area contributed by atoms with Crippen molar-refractivity contribution in [2.24, 2.45) is 0 Å². The number of carboxylic acid groups (broad SMARTS) is 1. The average Bonchev–Trinajstić information content (AvgIpc) is 2.87. The summed E-state index contributed by atoms with van der Waals surface area (Å²) in [5.74, 6) is -0.707. The maximum Gasteiger partial charge on any atom is 0.320 e. The fourth-order valence-corrected chi connectivity index (χ4v) is 3.07. The molecule has 0 unspecified atom stereocenters. The zero-order valence-electron chi connectivity index (χ0n) is 11.5. The molecule has 2 aromatic rings. The van der Waals surface area contributed by atoms with Gasteiger partial charge in [-0.15, -0.1) is 0 Å². The Morgan fingerprint density at radius 1 is 1.50 bits per heavy atom. The smallest absolute Gasteiger partial charge is 0.320 e. The Hall–Kier alpha value is -1.94. The van der Waals surface area contributed by atoms with Crippen LogP contribution in [0.3, 0.4) is 0 Å². The van der Waals surface area contributed by atoms with Crippen molar-refractivity contribution in [2.45, 2.75) is 32.4 Å². The second-order valence-electron chi connectivity index (χ2n) is 5.45. The summed E-state index contributed by atoms with van der Waals surface area (Å²) in [7, 11) is 0. The molecule has 0 amide bonds. The predicted octanol–water partition coefficient (Wildman–Crippen LogP) is 2.59. The topological polar surface area (TPSA) is 53.4 Å². The van der Waals surface area contributed by atoms with Crippen LogP contribution in [-0.2, 0) is 11.3 Å². The normalized spacial score (nSPS) is 19.6. The molecule has 1 aromatic heterocycles. The zero-order chi connectivity index (χ0) is 14.1. The molecule has 1 aliphatic rings. The number of pyridine rings is 1. The molecule has 20 heavy (non-hydrogen) atoms. The number of carbonyl (C=O) groups is 1. The molecular formula is C16H18N2O2. The van der Waals surface area contributed by atoms with Gasteiger partial charge in [0.2, 0.25) is 0 Å². The van der Waals surface area contributed by atoms with Crippen molar-refractivity contribution in [2.75, 3.05) is 6.54 Å². The van der Waals surface area contributed by atoms with Gasteiger partial charge >= 0.3 is 5.97 Å². The van der Waals surface area contributed by atoms with E-state index in [0.717, 1.165) is 41.4 Å². The summed E-state index contributed by atoms with van der Waals surface area (Å²) in [6.07, 6.45) is 3.52.